The summed E-state index contributed by atoms with van der Waals surface area (Å²) in [6.07, 6.45) is 0. The van der Waals surface area contributed by atoms with Gasteiger partial charge in [0.1, 0.15) is 11.9 Å². The number of hydrogen-bond acceptors (Lipinski definition) is 7. The number of aromatic nitrogens is 2. The number of oxime groups is 1. The van der Waals surface area contributed by atoms with Crippen LogP contribution in [-0.2, 0) is 20.9 Å². The molecule has 0 saturated carbocycles. The number of amides is 1. The molecule has 11 nitrogen and oxygen atoms in total. The van der Waals surface area contributed by atoms with Crippen molar-refractivity contribution in [3.05, 3.63) is 34.7 Å². The summed E-state index contributed by atoms with van der Waals surface area (Å²) in [7, 11) is 0. The van der Waals surface area contributed by atoms with E-state index in [4.69, 9.17) is 15.3 Å². The van der Waals surface area contributed by atoms with Crippen molar-refractivity contribution in [1.29, 1.82) is 0 Å². The van der Waals surface area contributed by atoms with Crippen molar-refractivity contribution in [3.8, 4) is 0 Å². The highest BCUT2D eigenvalue weighted by Crippen LogP contribution is 2.21. The lowest BCUT2D eigenvalue weighted by Gasteiger charge is -2.28. The van der Waals surface area contributed by atoms with Crippen LogP contribution < -0.4 is 16.7 Å². The number of amidine groups is 1. The third-order valence-corrected chi connectivity index (χ3v) is 5.43. The minimum atomic E-state index is -1.06. The maximum Gasteiger partial charge on any atom is 0.357 e. The molecule has 1 aliphatic heterocycles. The Bertz CT molecular complexity index is 1090. The monoisotopic (exact) mass is 460 g/mol. The highest BCUT2D eigenvalue weighted by Gasteiger charge is 2.36. The van der Waals surface area contributed by atoms with Gasteiger partial charge in [0, 0.05) is 26.2 Å². The van der Waals surface area contributed by atoms with Crippen LogP contribution in [-0.4, -0.2) is 70.8 Å². The van der Waals surface area contributed by atoms with Crippen LogP contribution in [0, 0.1) is 5.41 Å². The van der Waals surface area contributed by atoms with E-state index >= 15 is 0 Å². The van der Waals surface area contributed by atoms with Crippen LogP contribution in [0.3, 0.4) is 0 Å². The zero-order chi connectivity index (χ0) is 24.2. The van der Waals surface area contributed by atoms with Gasteiger partial charge in [-0.3, -0.25) is 9.47 Å². The van der Waals surface area contributed by atoms with Crippen LogP contribution in [0.2, 0.25) is 0 Å². The molecule has 3 rings (SSSR count). The molecule has 0 unspecified atom stereocenters. The fourth-order valence-corrected chi connectivity index (χ4v) is 3.67. The summed E-state index contributed by atoms with van der Waals surface area (Å²) in [5, 5.41) is 6.13. The highest BCUT2D eigenvalue weighted by atomic mass is 16.7. The summed E-state index contributed by atoms with van der Waals surface area (Å²) in [6.45, 7) is 10.8. The van der Waals surface area contributed by atoms with E-state index in [9.17, 15) is 14.4 Å². The summed E-state index contributed by atoms with van der Waals surface area (Å²) < 4.78 is 8.01. The van der Waals surface area contributed by atoms with Gasteiger partial charge in [0.2, 0.25) is 0 Å². The Hall–Kier alpha value is -3.18. The van der Waals surface area contributed by atoms with E-state index in [2.05, 4.69) is 15.4 Å². The van der Waals surface area contributed by atoms with Gasteiger partial charge in [-0.2, -0.15) is 0 Å². The molecule has 0 aliphatic carbocycles. The standard InChI is InChI=1S/C22H32N6O5/c1-15(23)25-33-19(29)18(22(2,3)4)24-20(30)28-17-8-6-5-7-16(17)27(21(28)31)10-9-26-11-13-32-14-12-26/h5-8,18H,9-14H2,1-4H3,(H2,23,25)(H,24,30)/t18-/m1/s1. The predicted molar refractivity (Wildman–Crippen MR) is 124 cm³/mol. The van der Waals surface area contributed by atoms with E-state index in [0.717, 1.165) is 17.7 Å². The van der Waals surface area contributed by atoms with Crippen LogP contribution in [0.15, 0.2) is 34.2 Å². The minimum Gasteiger partial charge on any atom is -0.385 e. The number of nitrogens with two attached hydrogens (primary N) is 1. The summed E-state index contributed by atoms with van der Waals surface area (Å²) in [4.78, 5) is 46.2. The molecule has 1 amide bonds. The van der Waals surface area contributed by atoms with E-state index in [1.165, 1.54) is 6.92 Å². The zero-order valence-electron chi connectivity index (χ0n) is 19.5. The molecule has 1 aliphatic rings. The van der Waals surface area contributed by atoms with Crippen molar-refractivity contribution >= 4 is 28.9 Å². The maximum absolute atomic E-state index is 13.3. The lowest BCUT2D eigenvalue weighted by molar-refractivity contribution is -0.148. The number of carbonyl (C=O) groups excluding carboxylic acids is 2. The number of hydrogen-bond donors (Lipinski definition) is 2. The van der Waals surface area contributed by atoms with E-state index in [1.807, 2.05) is 6.07 Å². The number of para-hydroxylation sites is 2. The number of morpholine rings is 1. The van der Waals surface area contributed by atoms with Crippen LogP contribution >= 0.6 is 0 Å². The third-order valence-electron chi connectivity index (χ3n) is 5.43. The van der Waals surface area contributed by atoms with Crippen molar-refractivity contribution in [3.63, 3.8) is 0 Å². The van der Waals surface area contributed by atoms with Gasteiger partial charge in [-0.05, 0) is 24.5 Å². The SMILES string of the molecule is CC(N)=NOC(=O)[C@@H](NC(=O)n1c(=O)n(CCN2CCOCC2)c2ccccc21)C(C)(C)C. The van der Waals surface area contributed by atoms with Crippen molar-refractivity contribution in [2.45, 2.75) is 40.3 Å². The Morgan fingerprint density at radius 3 is 2.42 bits per heavy atom. The molecule has 3 N–H and O–H groups in total. The molecule has 0 radical (unpaired) electrons. The van der Waals surface area contributed by atoms with Gasteiger partial charge in [-0.1, -0.05) is 38.1 Å². The Kier molecular flexibility index (Phi) is 7.54. The quantitative estimate of drug-likeness (QED) is 0.284. The van der Waals surface area contributed by atoms with Crippen molar-refractivity contribution in [2.24, 2.45) is 16.3 Å². The first kappa shape index (κ1) is 24.5. The molecule has 0 spiro atoms. The minimum absolute atomic E-state index is 0.0712. The number of ether oxygens (including phenoxy) is 1. The van der Waals surface area contributed by atoms with E-state index in [0.29, 0.717) is 37.3 Å². The first-order valence-electron chi connectivity index (χ1n) is 10.9. The number of nitrogens with one attached hydrogen (secondary N) is 1. The topological polar surface area (TPSA) is 133 Å². The second-order valence-corrected chi connectivity index (χ2v) is 9.10. The van der Waals surface area contributed by atoms with Crippen LogP contribution in [0.5, 0.6) is 0 Å². The first-order valence-corrected chi connectivity index (χ1v) is 10.9. The predicted octanol–water partition coefficient (Wildman–Crippen LogP) is 0.943. The Morgan fingerprint density at radius 2 is 1.82 bits per heavy atom. The average Bonchev–Trinajstić information content (AvgIpc) is 3.05. The van der Waals surface area contributed by atoms with Crippen molar-refractivity contribution in [1.82, 2.24) is 19.4 Å². The van der Waals surface area contributed by atoms with Gasteiger partial charge < -0.3 is 20.6 Å². The molecular weight excluding hydrogens is 428 g/mol. The van der Waals surface area contributed by atoms with Crippen LogP contribution in [0.4, 0.5) is 4.79 Å². The van der Waals surface area contributed by atoms with Crippen LogP contribution in [0.25, 0.3) is 11.0 Å². The van der Waals surface area contributed by atoms with Gasteiger partial charge in [0.05, 0.1) is 24.2 Å². The molecule has 1 saturated heterocycles. The molecule has 1 atom stereocenters. The molecule has 1 fully saturated rings. The molecule has 2 heterocycles. The molecule has 1 aromatic carbocycles. The Labute approximate surface area is 192 Å². The first-order chi connectivity index (χ1) is 15.6. The van der Waals surface area contributed by atoms with E-state index in [1.54, 1.807) is 43.5 Å². The third kappa shape index (κ3) is 5.79. The summed E-state index contributed by atoms with van der Waals surface area (Å²) >= 11 is 0. The summed E-state index contributed by atoms with van der Waals surface area (Å²) in [5.74, 6) is -0.702. The van der Waals surface area contributed by atoms with E-state index < -0.39 is 29.1 Å². The van der Waals surface area contributed by atoms with Gasteiger partial charge in [-0.25, -0.2) is 19.0 Å². The molecule has 0 bridgehead atoms. The number of benzene rings is 1. The maximum atomic E-state index is 13.3. The van der Waals surface area contributed by atoms with Gasteiger partial charge in [0.15, 0.2) is 0 Å². The molecular formula is C22H32N6O5. The molecule has 180 valence electrons. The number of imidazole rings is 1. The molecule has 33 heavy (non-hydrogen) atoms. The fourth-order valence-electron chi connectivity index (χ4n) is 3.67. The molecule has 1 aromatic heterocycles. The largest absolute Gasteiger partial charge is 0.385 e. The lowest BCUT2D eigenvalue weighted by Crippen LogP contribution is -2.52. The van der Waals surface area contributed by atoms with Gasteiger partial charge >= 0.3 is 17.7 Å². The van der Waals surface area contributed by atoms with Gasteiger partial charge in [-0.15, -0.1) is 0 Å². The smallest absolute Gasteiger partial charge is 0.357 e. The lowest BCUT2D eigenvalue weighted by atomic mass is 9.87. The number of nitrogens with zero attached hydrogens (tertiary/aromatic N) is 4. The van der Waals surface area contributed by atoms with E-state index in [-0.39, 0.29) is 5.84 Å². The zero-order valence-corrected chi connectivity index (χ0v) is 19.5. The second kappa shape index (κ2) is 10.2. The van der Waals surface area contributed by atoms with Crippen molar-refractivity contribution < 1.29 is 19.2 Å². The molecule has 11 heteroatoms. The number of rotatable bonds is 6. The number of carbonyl (C=O) groups is 2. The van der Waals surface area contributed by atoms with Crippen LogP contribution in [0.1, 0.15) is 27.7 Å². The normalized spacial score (nSPS) is 16.5. The Balaban J connectivity index is 1.89. The average molecular weight is 461 g/mol. The van der Waals surface area contributed by atoms with Gasteiger partial charge in [0.25, 0.3) is 0 Å². The summed E-state index contributed by atoms with van der Waals surface area (Å²) in [5.41, 5.74) is 5.36. The second-order valence-electron chi connectivity index (χ2n) is 9.10. The molecule has 2 aromatic rings. The number of fused-ring (bicyclic) bond motifs is 1. The fraction of sp³-hybridized carbons (Fsp3) is 0.545. The van der Waals surface area contributed by atoms with Crippen molar-refractivity contribution in [2.75, 3.05) is 32.8 Å². The Morgan fingerprint density at radius 1 is 1.18 bits per heavy atom. The summed E-state index contributed by atoms with van der Waals surface area (Å²) in [6, 6.07) is 5.30. The highest BCUT2D eigenvalue weighted by molar-refractivity contribution is 5.92.